The van der Waals surface area contributed by atoms with Gasteiger partial charge in [-0.15, -0.1) is 0 Å². The van der Waals surface area contributed by atoms with E-state index < -0.39 is 11.6 Å². The molecule has 0 bridgehead atoms. The van der Waals surface area contributed by atoms with Gasteiger partial charge in [0.1, 0.15) is 5.82 Å². The maximum atomic E-state index is 13.2. The van der Waals surface area contributed by atoms with Crippen LogP contribution >= 0.6 is 27.5 Å². The van der Waals surface area contributed by atoms with E-state index >= 15 is 0 Å². The predicted molar refractivity (Wildman–Crippen MR) is 79.0 cm³/mol. The number of oxazole rings is 1. The molecular weight excluding hydrogens is 349 g/mol. The standard InChI is InChI=1S/C14H8BrClFNO2/c15-13(7-1-3-10(17)9(16)5-7)8-2-4-11-12(6-8)20-14(19)18-11/h1-6,13H,(H,18,19). The van der Waals surface area contributed by atoms with Crippen LogP contribution in [-0.4, -0.2) is 4.98 Å². The summed E-state index contributed by atoms with van der Waals surface area (Å²) < 4.78 is 18.2. The zero-order valence-corrected chi connectivity index (χ0v) is 12.3. The molecule has 0 saturated heterocycles. The number of H-pyrrole nitrogens is 1. The number of halogens is 3. The van der Waals surface area contributed by atoms with Crippen LogP contribution in [0.5, 0.6) is 0 Å². The lowest BCUT2D eigenvalue weighted by molar-refractivity contribution is 0.555. The van der Waals surface area contributed by atoms with Crippen molar-refractivity contribution in [2.24, 2.45) is 0 Å². The number of benzene rings is 2. The first-order valence-corrected chi connectivity index (χ1v) is 7.06. The van der Waals surface area contributed by atoms with Crippen molar-refractivity contribution >= 4 is 38.6 Å². The fourth-order valence-corrected chi connectivity index (χ4v) is 2.74. The molecule has 0 fully saturated rings. The maximum absolute atomic E-state index is 13.2. The van der Waals surface area contributed by atoms with Gasteiger partial charge in [-0.05, 0) is 35.4 Å². The van der Waals surface area contributed by atoms with Crippen molar-refractivity contribution in [3.05, 3.63) is 68.9 Å². The number of alkyl halides is 1. The summed E-state index contributed by atoms with van der Waals surface area (Å²) in [6.07, 6.45) is 0. The van der Waals surface area contributed by atoms with Crippen molar-refractivity contribution in [3.63, 3.8) is 0 Å². The highest BCUT2D eigenvalue weighted by Gasteiger charge is 2.14. The lowest BCUT2D eigenvalue weighted by Gasteiger charge is -2.11. The molecule has 6 heteroatoms. The Kier molecular flexibility index (Phi) is 3.40. The normalized spacial score (nSPS) is 12.8. The first kappa shape index (κ1) is 13.4. The van der Waals surface area contributed by atoms with E-state index in [1.165, 1.54) is 6.07 Å². The van der Waals surface area contributed by atoms with E-state index in [-0.39, 0.29) is 9.85 Å². The smallest absolute Gasteiger partial charge is 0.408 e. The van der Waals surface area contributed by atoms with Crippen molar-refractivity contribution in [2.45, 2.75) is 4.83 Å². The Morgan fingerprint density at radius 3 is 2.65 bits per heavy atom. The monoisotopic (exact) mass is 355 g/mol. The number of nitrogens with one attached hydrogen (secondary N) is 1. The van der Waals surface area contributed by atoms with E-state index in [0.717, 1.165) is 11.1 Å². The minimum Gasteiger partial charge on any atom is -0.408 e. The lowest BCUT2D eigenvalue weighted by Crippen LogP contribution is -1.93. The molecule has 3 rings (SSSR count). The van der Waals surface area contributed by atoms with Crippen LogP contribution in [0, 0.1) is 5.82 Å². The van der Waals surface area contributed by atoms with Gasteiger partial charge in [0.25, 0.3) is 0 Å². The molecule has 0 amide bonds. The minimum absolute atomic E-state index is 0.0706. The molecular formula is C14H8BrClFNO2. The summed E-state index contributed by atoms with van der Waals surface area (Å²) in [6, 6.07) is 9.90. The fraction of sp³-hybridized carbons (Fsp3) is 0.0714. The van der Waals surface area contributed by atoms with E-state index in [2.05, 4.69) is 20.9 Å². The molecule has 1 N–H and O–H groups in total. The van der Waals surface area contributed by atoms with E-state index in [0.29, 0.717) is 11.1 Å². The molecule has 0 aliphatic rings. The number of hydrogen-bond donors (Lipinski definition) is 1. The predicted octanol–water partition coefficient (Wildman–Crippen LogP) is 4.40. The van der Waals surface area contributed by atoms with Gasteiger partial charge in [0, 0.05) is 0 Å². The van der Waals surface area contributed by atoms with Gasteiger partial charge < -0.3 is 4.42 Å². The maximum Gasteiger partial charge on any atom is 0.417 e. The molecule has 1 atom stereocenters. The van der Waals surface area contributed by atoms with Crippen molar-refractivity contribution in [2.75, 3.05) is 0 Å². The summed E-state index contributed by atoms with van der Waals surface area (Å²) in [4.78, 5) is 13.5. The van der Waals surface area contributed by atoms with Crippen LogP contribution in [0.15, 0.2) is 45.6 Å². The van der Waals surface area contributed by atoms with Gasteiger partial charge in [-0.3, -0.25) is 4.98 Å². The summed E-state index contributed by atoms with van der Waals surface area (Å²) in [7, 11) is 0. The first-order chi connectivity index (χ1) is 9.54. The molecule has 0 aliphatic heterocycles. The van der Waals surface area contributed by atoms with Crippen LogP contribution in [0.25, 0.3) is 11.1 Å². The highest BCUT2D eigenvalue weighted by Crippen LogP contribution is 2.33. The SMILES string of the molecule is O=c1[nH]c2ccc(C(Br)c3ccc(F)c(Cl)c3)cc2o1. The van der Waals surface area contributed by atoms with Crippen LogP contribution in [0.3, 0.4) is 0 Å². The first-order valence-electron chi connectivity index (χ1n) is 5.76. The molecule has 3 nitrogen and oxygen atoms in total. The summed E-state index contributed by atoms with van der Waals surface area (Å²) in [5.74, 6) is -0.949. The van der Waals surface area contributed by atoms with Gasteiger partial charge in [0.15, 0.2) is 5.58 Å². The Bertz CT molecular complexity index is 843. The third-order valence-corrected chi connectivity index (χ3v) is 4.32. The molecule has 102 valence electrons. The number of aromatic nitrogens is 1. The van der Waals surface area contributed by atoms with Gasteiger partial charge >= 0.3 is 5.76 Å². The summed E-state index contributed by atoms with van der Waals surface area (Å²) in [6.45, 7) is 0. The van der Waals surface area contributed by atoms with Crippen LogP contribution in [-0.2, 0) is 0 Å². The highest BCUT2D eigenvalue weighted by atomic mass is 79.9. The Morgan fingerprint density at radius 1 is 1.20 bits per heavy atom. The molecule has 1 heterocycles. The van der Waals surface area contributed by atoms with Crippen molar-refractivity contribution in [3.8, 4) is 0 Å². The Morgan fingerprint density at radius 2 is 1.90 bits per heavy atom. The number of fused-ring (bicyclic) bond motifs is 1. The quantitative estimate of drug-likeness (QED) is 0.692. The van der Waals surface area contributed by atoms with Gasteiger partial charge in [-0.1, -0.05) is 39.7 Å². The largest absolute Gasteiger partial charge is 0.417 e. The summed E-state index contributed by atoms with van der Waals surface area (Å²) >= 11 is 9.32. The van der Waals surface area contributed by atoms with Crippen LogP contribution < -0.4 is 5.76 Å². The minimum atomic E-state index is -0.493. The van der Waals surface area contributed by atoms with Gasteiger partial charge in [-0.2, -0.15) is 0 Å². The second-order valence-electron chi connectivity index (χ2n) is 4.31. The molecule has 1 unspecified atom stereocenters. The van der Waals surface area contributed by atoms with Gasteiger partial charge in [-0.25, -0.2) is 9.18 Å². The van der Waals surface area contributed by atoms with E-state index in [1.54, 1.807) is 24.3 Å². The molecule has 2 aromatic carbocycles. The second-order valence-corrected chi connectivity index (χ2v) is 5.63. The van der Waals surface area contributed by atoms with Crippen molar-refractivity contribution in [1.82, 2.24) is 4.98 Å². The number of rotatable bonds is 2. The molecule has 0 spiro atoms. The topological polar surface area (TPSA) is 46.0 Å². The third-order valence-electron chi connectivity index (χ3n) is 2.97. The Labute approximate surface area is 126 Å². The highest BCUT2D eigenvalue weighted by molar-refractivity contribution is 9.09. The molecule has 3 aromatic rings. The van der Waals surface area contributed by atoms with E-state index in [9.17, 15) is 9.18 Å². The zero-order valence-electron chi connectivity index (χ0n) is 9.99. The van der Waals surface area contributed by atoms with E-state index in [4.69, 9.17) is 16.0 Å². The molecule has 0 saturated carbocycles. The van der Waals surface area contributed by atoms with Crippen molar-refractivity contribution in [1.29, 1.82) is 0 Å². The second kappa shape index (κ2) is 5.07. The number of aromatic amines is 1. The van der Waals surface area contributed by atoms with Crippen molar-refractivity contribution < 1.29 is 8.81 Å². The average molecular weight is 357 g/mol. The Hall–Kier alpha value is -1.59. The number of hydrogen-bond acceptors (Lipinski definition) is 2. The molecule has 20 heavy (non-hydrogen) atoms. The van der Waals surface area contributed by atoms with Gasteiger partial charge in [0.05, 0.1) is 15.4 Å². The third kappa shape index (κ3) is 2.39. The molecule has 0 radical (unpaired) electrons. The summed E-state index contributed by atoms with van der Waals surface area (Å²) in [5.41, 5.74) is 2.80. The lowest BCUT2D eigenvalue weighted by atomic mass is 10.0. The average Bonchev–Trinajstić information content (AvgIpc) is 2.80. The summed E-state index contributed by atoms with van der Waals surface area (Å²) in [5, 5.41) is 0.0706. The van der Waals surface area contributed by atoms with Gasteiger partial charge in [0.2, 0.25) is 0 Å². The fourth-order valence-electron chi connectivity index (χ4n) is 1.98. The molecule has 1 aromatic heterocycles. The van der Waals surface area contributed by atoms with E-state index in [1.807, 2.05) is 6.07 Å². The molecule has 0 aliphatic carbocycles. The van der Waals surface area contributed by atoms with Crippen LogP contribution in [0.4, 0.5) is 4.39 Å². The van der Waals surface area contributed by atoms with Crippen LogP contribution in [0.2, 0.25) is 5.02 Å². The zero-order chi connectivity index (χ0) is 14.3. The Balaban J connectivity index is 2.04. The van der Waals surface area contributed by atoms with Crippen LogP contribution in [0.1, 0.15) is 16.0 Å².